The third-order valence-corrected chi connectivity index (χ3v) is 9.85. The van der Waals surface area contributed by atoms with Crippen molar-refractivity contribution in [2.24, 2.45) is 11.8 Å². The molecule has 0 spiro atoms. The van der Waals surface area contributed by atoms with Crippen molar-refractivity contribution >= 4 is 43.7 Å². The van der Waals surface area contributed by atoms with Gasteiger partial charge in [0.05, 0.1) is 11.6 Å². The zero-order valence-corrected chi connectivity index (χ0v) is 18.6. The Balaban J connectivity index is 1.44. The quantitative estimate of drug-likeness (QED) is 0.788. The molecule has 0 bridgehead atoms. The van der Waals surface area contributed by atoms with Crippen LogP contribution in [0.15, 0.2) is 16.3 Å². The van der Waals surface area contributed by atoms with Gasteiger partial charge in [0, 0.05) is 22.8 Å². The largest absolute Gasteiger partial charge is 0.302 e. The SMILES string of the molecule is Cc1ccc(S(=O)(=O)N2CCC[C@H](C(=O)Nc3nc4c(s3)C[C@H](C)CC4)C2)s1. The van der Waals surface area contributed by atoms with Crippen LogP contribution >= 0.6 is 22.7 Å². The molecule has 2 atom stereocenters. The van der Waals surface area contributed by atoms with Gasteiger partial charge in [-0.15, -0.1) is 22.7 Å². The number of carbonyl (C=O) groups is 1. The molecule has 6 nitrogen and oxygen atoms in total. The van der Waals surface area contributed by atoms with E-state index in [1.165, 1.54) is 20.5 Å². The van der Waals surface area contributed by atoms with E-state index in [-0.39, 0.29) is 18.4 Å². The summed E-state index contributed by atoms with van der Waals surface area (Å²) in [6.45, 7) is 4.83. The van der Waals surface area contributed by atoms with Crippen molar-refractivity contribution in [3.05, 3.63) is 27.6 Å². The maximum absolute atomic E-state index is 12.9. The van der Waals surface area contributed by atoms with Crippen molar-refractivity contribution < 1.29 is 13.2 Å². The standard InChI is InChI=1S/C19H25N3O3S3/c1-12-5-7-15-16(10-12)27-19(20-15)21-18(23)14-4-3-9-22(11-14)28(24,25)17-8-6-13(2)26-17/h6,8,12,14H,3-5,7,9-11H2,1-2H3,(H,20,21,23)/t12-,14+/m1/s1. The molecule has 1 saturated heterocycles. The Kier molecular flexibility index (Phi) is 5.61. The highest BCUT2D eigenvalue weighted by molar-refractivity contribution is 7.91. The summed E-state index contributed by atoms with van der Waals surface area (Å²) in [4.78, 5) is 19.6. The maximum Gasteiger partial charge on any atom is 0.252 e. The van der Waals surface area contributed by atoms with Crippen LogP contribution in [0.3, 0.4) is 0 Å². The topological polar surface area (TPSA) is 79.4 Å². The van der Waals surface area contributed by atoms with Crippen LogP contribution in [0.1, 0.15) is 41.6 Å². The van der Waals surface area contributed by atoms with Crippen LogP contribution in [0, 0.1) is 18.8 Å². The molecule has 4 rings (SSSR count). The van der Waals surface area contributed by atoms with Crippen LogP contribution in [-0.4, -0.2) is 36.7 Å². The number of nitrogens with zero attached hydrogens (tertiary/aromatic N) is 2. The van der Waals surface area contributed by atoms with E-state index in [1.807, 2.05) is 13.0 Å². The van der Waals surface area contributed by atoms with Crippen molar-refractivity contribution in [1.82, 2.24) is 9.29 Å². The summed E-state index contributed by atoms with van der Waals surface area (Å²) in [6.07, 6.45) is 4.52. The van der Waals surface area contributed by atoms with E-state index in [4.69, 9.17) is 0 Å². The number of piperidine rings is 1. The van der Waals surface area contributed by atoms with Crippen LogP contribution in [0.4, 0.5) is 5.13 Å². The van der Waals surface area contributed by atoms with Gasteiger partial charge in [-0.05, 0) is 57.1 Å². The number of thiophene rings is 1. The Labute approximate surface area is 174 Å². The molecule has 0 unspecified atom stereocenters. The Morgan fingerprint density at radius 2 is 2.11 bits per heavy atom. The fourth-order valence-corrected chi connectivity index (χ4v) is 7.99. The average Bonchev–Trinajstić information content (AvgIpc) is 3.27. The maximum atomic E-state index is 12.9. The molecule has 3 heterocycles. The van der Waals surface area contributed by atoms with Gasteiger partial charge in [0.15, 0.2) is 5.13 Å². The molecule has 1 aliphatic heterocycles. The lowest BCUT2D eigenvalue weighted by molar-refractivity contribution is -0.120. The fraction of sp³-hybridized carbons (Fsp3) is 0.579. The van der Waals surface area contributed by atoms with Crippen LogP contribution in [0.5, 0.6) is 0 Å². The van der Waals surface area contributed by atoms with Gasteiger partial charge in [-0.25, -0.2) is 13.4 Å². The normalized spacial score (nSPS) is 23.4. The summed E-state index contributed by atoms with van der Waals surface area (Å²) >= 11 is 2.84. The molecule has 0 saturated carbocycles. The Bertz CT molecular complexity index is 980. The predicted molar refractivity (Wildman–Crippen MR) is 112 cm³/mol. The third kappa shape index (κ3) is 4.03. The van der Waals surface area contributed by atoms with Gasteiger partial charge in [0.2, 0.25) is 5.91 Å². The second kappa shape index (κ2) is 7.85. The molecule has 152 valence electrons. The van der Waals surface area contributed by atoms with E-state index >= 15 is 0 Å². The summed E-state index contributed by atoms with van der Waals surface area (Å²) in [7, 11) is -3.53. The molecule has 1 aliphatic carbocycles. The number of aromatic nitrogens is 1. The van der Waals surface area contributed by atoms with E-state index < -0.39 is 10.0 Å². The van der Waals surface area contributed by atoms with E-state index in [1.54, 1.807) is 17.4 Å². The number of carbonyl (C=O) groups excluding carboxylic acids is 1. The summed E-state index contributed by atoms with van der Waals surface area (Å²) in [6, 6.07) is 3.47. The minimum Gasteiger partial charge on any atom is -0.302 e. The van der Waals surface area contributed by atoms with Gasteiger partial charge in [0.1, 0.15) is 4.21 Å². The molecule has 0 radical (unpaired) electrons. The molecule has 0 aromatic carbocycles. The number of rotatable bonds is 4. The Hall–Kier alpha value is -1.29. The molecule has 1 N–H and O–H groups in total. The van der Waals surface area contributed by atoms with E-state index in [9.17, 15) is 13.2 Å². The second-order valence-electron chi connectivity index (χ2n) is 7.79. The van der Waals surface area contributed by atoms with Crippen LogP contribution in [0.2, 0.25) is 0 Å². The minimum absolute atomic E-state index is 0.124. The van der Waals surface area contributed by atoms with Gasteiger partial charge in [-0.1, -0.05) is 6.92 Å². The first-order valence-corrected chi connectivity index (χ1v) is 12.8. The van der Waals surface area contributed by atoms with Gasteiger partial charge >= 0.3 is 0 Å². The highest BCUT2D eigenvalue weighted by Crippen LogP contribution is 2.33. The lowest BCUT2D eigenvalue weighted by atomic mass is 9.93. The van der Waals surface area contributed by atoms with Gasteiger partial charge in [0.25, 0.3) is 10.0 Å². The van der Waals surface area contributed by atoms with Crippen molar-refractivity contribution in [2.45, 2.75) is 50.2 Å². The van der Waals surface area contributed by atoms with Gasteiger partial charge in [-0.2, -0.15) is 4.31 Å². The molecule has 2 aliphatic rings. The monoisotopic (exact) mass is 439 g/mol. The number of hydrogen-bond donors (Lipinski definition) is 1. The van der Waals surface area contributed by atoms with E-state index in [0.29, 0.717) is 34.6 Å². The first-order chi connectivity index (χ1) is 13.3. The Morgan fingerprint density at radius 1 is 1.29 bits per heavy atom. The molecule has 2 aromatic heterocycles. The summed E-state index contributed by atoms with van der Waals surface area (Å²) in [5.41, 5.74) is 1.11. The number of anilines is 1. The van der Waals surface area contributed by atoms with Crippen molar-refractivity contribution in [1.29, 1.82) is 0 Å². The van der Waals surface area contributed by atoms with E-state index in [0.717, 1.165) is 29.8 Å². The molecular formula is C19H25N3O3S3. The fourth-order valence-electron chi connectivity index (χ4n) is 3.85. The lowest BCUT2D eigenvalue weighted by Crippen LogP contribution is -2.43. The third-order valence-electron chi connectivity index (χ3n) is 5.48. The highest BCUT2D eigenvalue weighted by atomic mass is 32.2. The number of amides is 1. The zero-order chi connectivity index (χ0) is 19.9. The summed E-state index contributed by atoms with van der Waals surface area (Å²) < 4.78 is 27.6. The number of fused-ring (bicyclic) bond motifs is 1. The Morgan fingerprint density at radius 3 is 2.86 bits per heavy atom. The second-order valence-corrected chi connectivity index (χ2v) is 12.3. The molecule has 9 heteroatoms. The summed E-state index contributed by atoms with van der Waals surface area (Å²) in [5, 5.41) is 3.60. The molecule has 2 aromatic rings. The average molecular weight is 440 g/mol. The number of sulfonamides is 1. The number of nitrogens with one attached hydrogen (secondary N) is 1. The number of aryl methyl sites for hydroxylation is 2. The van der Waals surface area contributed by atoms with Crippen molar-refractivity contribution in [3.63, 3.8) is 0 Å². The summed E-state index contributed by atoms with van der Waals surface area (Å²) in [5.74, 6) is 0.195. The zero-order valence-electron chi connectivity index (χ0n) is 16.1. The molecule has 1 fully saturated rings. The molecule has 28 heavy (non-hydrogen) atoms. The van der Waals surface area contributed by atoms with Crippen molar-refractivity contribution in [3.8, 4) is 0 Å². The number of hydrogen-bond acceptors (Lipinski definition) is 6. The molecular weight excluding hydrogens is 414 g/mol. The first kappa shape index (κ1) is 20.0. The van der Waals surface area contributed by atoms with Crippen molar-refractivity contribution in [2.75, 3.05) is 18.4 Å². The van der Waals surface area contributed by atoms with E-state index in [2.05, 4.69) is 17.2 Å². The molecule has 1 amide bonds. The van der Waals surface area contributed by atoms with Crippen LogP contribution in [0.25, 0.3) is 0 Å². The minimum atomic E-state index is -3.53. The number of thiazole rings is 1. The van der Waals surface area contributed by atoms with Gasteiger partial charge in [-0.3, -0.25) is 4.79 Å². The smallest absolute Gasteiger partial charge is 0.252 e. The van der Waals surface area contributed by atoms with Crippen LogP contribution < -0.4 is 5.32 Å². The highest BCUT2D eigenvalue weighted by Gasteiger charge is 2.34. The predicted octanol–water partition coefficient (Wildman–Crippen LogP) is 3.68. The van der Waals surface area contributed by atoms with Gasteiger partial charge < -0.3 is 5.32 Å². The van der Waals surface area contributed by atoms with Crippen LogP contribution in [-0.2, 0) is 27.7 Å². The first-order valence-electron chi connectivity index (χ1n) is 9.69. The lowest BCUT2D eigenvalue weighted by Gasteiger charge is -2.30.